The molecule has 5 nitrogen and oxygen atoms in total. The number of aromatic nitrogens is 1. The normalized spacial score (nSPS) is 11.5. The van der Waals surface area contributed by atoms with Crippen LogP contribution >= 0.6 is 0 Å². The van der Waals surface area contributed by atoms with Crippen molar-refractivity contribution in [1.82, 2.24) is 4.98 Å². The van der Waals surface area contributed by atoms with E-state index in [0.717, 1.165) is 12.1 Å². The van der Waals surface area contributed by atoms with E-state index in [0.29, 0.717) is 11.1 Å². The maximum Gasteiger partial charge on any atom is 0.416 e. The van der Waals surface area contributed by atoms with Gasteiger partial charge in [-0.2, -0.15) is 13.2 Å². The first-order valence-corrected chi connectivity index (χ1v) is 6.65. The van der Waals surface area contributed by atoms with Crippen LogP contribution in [0.2, 0.25) is 0 Å². The average molecular weight is 333 g/mol. The molecule has 24 heavy (non-hydrogen) atoms. The van der Waals surface area contributed by atoms with Crippen LogP contribution in [0.1, 0.15) is 5.56 Å². The lowest BCUT2D eigenvalue weighted by Gasteiger charge is -2.06. The van der Waals surface area contributed by atoms with E-state index in [1.807, 2.05) is 0 Å². The van der Waals surface area contributed by atoms with Crippen LogP contribution in [0.3, 0.4) is 0 Å². The molecule has 0 amide bonds. The molecule has 0 saturated carbocycles. The Bertz CT molecular complexity index is 869. The van der Waals surface area contributed by atoms with Crippen LogP contribution in [0, 0.1) is 16.3 Å². The van der Waals surface area contributed by atoms with Gasteiger partial charge in [0.2, 0.25) is 5.89 Å². The molecular formula is C16H8F3N2O3. The molecule has 121 valence electrons. The third-order valence-corrected chi connectivity index (χ3v) is 3.26. The van der Waals surface area contributed by atoms with E-state index in [1.165, 1.54) is 36.4 Å². The summed E-state index contributed by atoms with van der Waals surface area (Å²) in [4.78, 5) is 14.0. The maximum atomic E-state index is 12.5. The summed E-state index contributed by atoms with van der Waals surface area (Å²) in [6.45, 7) is 0. The SMILES string of the molecule is O=[N+]([O-])c1ccc(-c2[c]nc(-c3ccc(C(F)(F)F)cc3)o2)cc1. The molecule has 0 spiro atoms. The van der Waals surface area contributed by atoms with Gasteiger partial charge >= 0.3 is 6.18 Å². The van der Waals surface area contributed by atoms with Crippen molar-refractivity contribution < 1.29 is 22.5 Å². The standard InChI is InChI=1S/C16H8F3N2O3/c17-16(18,19)12-5-1-11(2-6-12)15-20-9-14(24-15)10-3-7-13(8-4-10)21(22)23/h1-8H. The second-order valence-electron chi connectivity index (χ2n) is 4.84. The quantitative estimate of drug-likeness (QED) is 0.513. The van der Waals surface area contributed by atoms with Gasteiger partial charge in [0.05, 0.1) is 10.5 Å². The number of oxazole rings is 1. The van der Waals surface area contributed by atoms with Crippen molar-refractivity contribution in [1.29, 1.82) is 0 Å². The van der Waals surface area contributed by atoms with Crippen molar-refractivity contribution in [2.24, 2.45) is 0 Å². The summed E-state index contributed by atoms with van der Waals surface area (Å²) >= 11 is 0. The van der Waals surface area contributed by atoms with E-state index in [4.69, 9.17) is 4.42 Å². The van der Waals surface area contributed by atoms with E-state index in [9.17, 15) is 23.3 Å². The van der Waals surface area contributed by atoms with Crippen LogP contribution < -0.4 is 0 Å². The highest BCUT2D eigenvalue weighted by Gasteiger charge is 2.30. The van der Waals surface area contributed by atoms with Crippen LogP contribution in [0.25, 0.3) is 22.8 Å². The summed E-state index contributed by atoms with van der Waals surface area (Å²) < 4.78 is 43.1. The number of nitrogens with zero attached hydrogens (tertiary/aromatic N) is 2. The summed E-state index contributed by atoms with van der Waals surface area (Å²) in [5.41, 5.74) is 0.0530. The molecule has 0 atom stereocenters. The Hall–Kier alpha value is -3.16. The molecule has 1 aromatic heterocycles. The fourth-order valence-electron chi connectivity index (χ4n) is 2.03. The van der Waals surface area contributed by atoms with Gasteiger partial charge in [0, 0.05) is 23.3 Å². The van der Waals surface area contributed by atoms with Crippen LogP contribution in [-0.4, -0.2) is 9.91 Å². The van der Waals surface area contributed by atoms with E-state index >= 15 is 0 Å². The topological polar surface area (TPSA) is 69.2 Å². The van der Waals surface area contributed by atoms with E-state index in [-0.39, 0.29) is 17.3 Å². The lowest BCUT2D eigenvalue weighted by molar-refractivity contribution is -0.384. The second-order valence-corrected chi connectivity index (χ2v) is 4.84. The fraction of sp³-hybridized carbons (Fsp3) is 0.0625. The Morgan fingerprint density at radius 3 is 2.12 bits per heavy atom. The van der Waals surface area contributed by atoms with Gasteiger partial charge in [-0.3, -0.25) is 10.1 Å². The number of hydrogen-bond donors (Lipinski definition) is 0. The number of hydrogen-bond acceptors (Lipinski definition) is 4. The van der Waals surface area contributed by atoms with Crippen molar-refractivity contribution >= 4 is 5.69 Å². The molecule has 0 bridgehead atoms. The summed E-state index contributed by atoms with van der Waals surface area (Å²) in [5.74, 6) is 0.344. The molecule has 0 unspecified atom stereocenters. The zero-order valence-corrected chi connectivity index (χ0v) is 11.9. The van der Waals surface area contributed by atoms with Gasteiger partial charge in [-0.05, 0) is 36.4 Å². The first-order valence-electron chi connectivity index (χ1n) is 6.65. The first kappa shape index (κ1) is 15.7. The number of non-ortho nitro benzene ring substituents is 1. The number of halogens is 3. The molecule has 0 saturated heterocycles. The molecule has 3 aromatic rings. The molecule has 0 aliphatic rings. The van der Waals surface area contributed by atoms with E-state index in [2.05, 4.69) is 11.2 Å². The zero-order chi connectivity index (χ0) is 17.3. The number of nitro groups is 1. The average Bonchev–Trinajstić information content (AvgIpc) is 3.04. The molecule has 1 heterocycles. The van der Waals surface area contributed by atoms with E-state index in [1.54, 1.807) is 0 Å². The molecule has 3 rings (SSSR count). The van der Waals surface area contributed by atoms with Gasteiger partial charge < -0.3 is 4.42 Å². The van der Waals surface area contributed by atoms with Crippen molar-refractivity contribution in [2.75, 3.05) is 0 Å². The van der Waals surface area contributed by atoms with E-state index < -0.39 is 16.7 Å². The number of benzene rings is 2. The molecular weight excluding hydrogens is 325 g/mol. The Morgan fingerprint density at radius 2 is 1.58 bits per heavy atom. The Labute approximate surface area is 133 Å². The molecule has 0 fully saturated rings. The number of nitro benzene ring substituents is 1. The monoisotopic (exact) mass is 333 g/mol. The van der Waals surface area contributed by atoms with Gasteiger partial charge in [0.15, 0.2) is 5.76 Å². The fourth-order valence-corrected chi connectivity index (χ4v) is 2.03. The van der Waals surface area contributed by atoms with Crippen LogP contribution in [0.5, 0.6) is 0 Å². The van der Waals surface area contributed by atoms with Gasteiger partial charge in [-0.15, -0.1) is 0 Å². The third kappa shape index (κ3) is 3.12. The third-order valence-electron chi connectivity index (χ3n) is 3.26. The van der Waals surface area contributed by atoms with Gasteiger partial charge in [-0.1, -0.05) is 0 Å². The van der Waals surface area contributed by atoms with Gasteiger partial charge in [0.1, 0.15) is 6.20 Å². The smallest absolute Gasteiger partial charge is 0.416 e. The first-order chi connectivity index (χ1) is 11.3. The molecule has 0 N–H and O–H groups in total. The van der Waals surface area contributed by atoms with Crippen molar-refractivity contribution in [3.63, 3.8) is 0 Å². The predicted molar refractivity (Wildman–Crippen MR) is 77.9 cm³/mol. The summed E-state index contributed by atoms with van der Waals surface area (Å²) in [6, 6.07) is 9.95. The highest BCUT2D eigenvalue weighted by Crippen LogP contribution is 2.32. The number of alkyl halides is 3. The molecule has 0 aliphatic heterocycles. The van der Waals surface area contributed by atoms with Crippen molar-refractivity contribution in [2.45, 2.75) is 6.18 Å². The van der Waals surface area contributed by atoms with Crippen molar-refractivity contribution in [3.05, 3.63) is 70.4 Å². The Morgan fingerprint density at radius 1 is 1.00 bits per heavy atom. The zero-order valence-electron chi connectivity index (χ0n) is 11.9. The van der Waals surface area contributed by atoms with Crippen LogP contribution in [0.4, 0.5) is 18.9 Å². The number of rotatable bonds is 3. The molecule has 1 radical (unpaired) electrons. The highest BCUT2D eigenvalue weighted by molar-refractivity contribution is 5.62. The lowest BCUT2D eigenvalue weighted by atomic mass is 10.1. The van der Waals surface area contributed by atoms with Crippen molar-refractivity contribution in [3.8, 4) is 22.8 Å². The summed E-state index contributed by atoms with van der Waals surface area (Å²) in [6.07, 6.45) is -1.81. The predicted octanol–water partition coefficient (Wildman–Crippen LogP) is 4.74. The van der Waals surface area contributed by atoms with Gasteiger partial charge in [0.25, 0.3) is 5.69 Å². The largest absolute Gasteiger partial charge is 0.435 e. The highest BCUT2D eigenvalue weighted by atomic mass is 19.4. The molecule has 2 aromatic carbocycles. The lowest BCUT2D eigenvalue weighted by Crippen LogP contribution is -2.03. The maximum absolute atomic E-state index is 12.5. The summed E-state index contributed by atoms with van der Waals surface area (Å²) in [5, 5.41) is 10.6. The van der Waals surface area contributed by atoms with Crippen LogP contribution in [0.15, 0.2) is 52.9 Å². The molecule has 0 aliphatic carbocycles. The Balaban J connectivity index is 1.86. The van der Waals surface area contributed by atoms with Crippen LogP contribution in [-0.2, 0) is 6.18 Å². The molecule has 8 heteroatoms. The Kier molecular flexibility index (Phi) is 3.80. The summed E-state index contributed by atoms with van der Waals surface area (Å²) in [7, 11) is 0. The minimum Gasteiger partial charge on any atom is -0.435 e. The minimum absolute atomic E-state index is 0.0683. The minimum atomic E-state index is -4.41. The second kappa shape index (κ2) is 5.80. The van der Waals surface area contributed by atoms with Gasteiger partial charge in [-0.25, -0.2) is 4.98 Å².